The van der Waals surface area contributed by atoms with E-state index in [1.165, 1.54) is 16.4 Å². The van der Waals surface area contributed by atoms with Crippen LogP contribution in [0.25, 0.3) is 0 Å². The van der Waals surface area contributed by atoms with E-state index in [0.717, 1.165) is 17.4 Å². The topological polar surface area (TPSA) is 47.0 Å². The van der Waals surface area contributed by atoms with Crippen molar-refractivity contribution in [3.8, 4) is 0 Å². The number of methoxy groups -OCH3 is 1. The van der Waals surface area contributed by atoms with Crippen molar-refractivity contribution in [3.05, 3.63) is 28.2 Å². The van der Waals surface area contributed by atoms with Crippen molar-refractivity contribution in [2.45, 2.75) is 33.2 Å². The molecule has 2 aromatic rings. The van der Waals surface area contributed by atoms with Gasteiger partial charge in [0.25, 0.3) is 0 Å². The van der Waals surface area contributed by atoms with Gasteiger partial charge in [0.2, 0.25) is 5.13 Å². The molecule has 1 N–H and O–H groups in total. The Bertz CT molecular complexity index is 517. The third kappa shape index (κ3) is 4.01. The number of ether oxygens (including phenoxy) is 1. The quantitative estimate of drug-likeness (QED) is 0.876. The van der Waals surface area contributed by atoms with Crippen LogP contribution in [0.3, 0.4) is 0 Å². The van der Waals surface area contributed by atoms with E-state index in [9.17, 15) is 0 Å². The van der Waals surface area contributed by atoms with Crippen LogP contribution in [0.1, 0.15) is 37.5 Å². The SMILES string of the molecule is COCCc1nsc(NC(c2cccs2)C(C)(C)C)n1. The van der Waals surface area contributed by atoms with Crippen LogP contribution in [0.15, 0.2) is 17.5 Å². The maximum absolute atomic E-state index is 5.06. The van der Waals surface area contributed by atoms with Crippen LogP contribution < -0.4 is 5.32 Å². The van der Waals surface area contributed by atoms with Crippen LogP contribution in [-0.2, 0) is 11.2 Å². The summed E-state index contributed by atoms with van der Waals surface area (Å²) in [4.78, 5) is 5.86. The average Bonchev–Trinajstić information content (AvgIpc) is 3.03. The fourth-order valence-electron chi connectivity index (χ4n) is 1.90. The zero-order valence-electron chi connectivity index (χ0n) is 12.3. The summed E-state index contributed by atoms with van der Waals surface area (Å²) in [6.45, 7) is 7.36. The molecular formula is C14H21N3OS2. The minimum absolute atomic E-state index is 0.114. The maximum atomic E-state index is 5.06. The van der Waals surface area contributed by atoms with Gasteiger partial charge in [0.05, 0.1) is 12.6 Å². The lowest BCUT2D eigenvalue weighted by Crippen LogP contribution is -2.24. The number of hydrogen-bond donors (Lipinski definition) is 1. The molecule has 0 saturated carbocycles. The Kier molecular flexibility index (Phi) is 5.12. The molecule has 0 saturated heterocycles. The standard InChI is InChI=1S/C14H21N3OS2/c1-14(2,3)12(10-6-5-9-19-10)16-13-15-11(17-20-13)7-8-18-4/h5-6,9,12H,7-8H2,1-4H3,(H,15,16,17). The van der Waals surface area contributed by atoms with Gasteiger partial charge in [-0.25, -0.2) is 4.98 Å². The van der Waals surface area contributed by atoms with E-state index < -0.39 is 0 Å². The van der Waals surface area contributed by atoms with E-state index in [1.807, 2.05) is 0 Å². The molecule has 0 bridgehead atoms. The molecule has 2 aromatic heterocycles. The van der Waals surface area contributed by atoms with E-state index in [4.69, 9.17) is 4.74 Å². The summed E-state index contributed by atoms with van der Waals surface area (Å²) in [7, 11) is 1.69. The zero-order chi connectivity index (χ0) is 14.6. The highest BCUT2D eigenvalue weighted by Gasteiger charge is 2.28. The molecule has 0 fully saturated rings. The van der Waals surface area contributed by atoms with Crippen LogP contribution in [0.4, 0.5) is 5.13 Å². The first kappa shape index (κ1) is 15.4. The van der Waals surface area contributed by atoms with Crippen molar-refractivity contribution in [3.63, 3.8) is 0 Å². The molecule has 4 nitrogen and oxygen atoms in total. The van der Waals surface area contributed by atoms with Crippen molar-refractivity contribution >= 4 is 28.0 Å². The third-order valence-electron chi connectivity index (χ3n) is 2.96. The summed E-state index contributed by atoms with van der Waals surface area (Å²) < 4.78 is 9.42. The molecule has 20 heavy (non-hydrogen) atoms. The van der Waals surface area contributed by atoms with E-state index in [2.05, 4.69) is 53.0 Å². The van der Waals surface area contributed by atoms with Gasteiger partial charge >= 0.3 is 0 Å². The molecule has 2 rings (SSSR count). The van der Waals surface area contributed by atoms with Gasteiger partial charge in [0.15, 0.2) is 0 Å². The minimum atomic E-state index is 0.114. The average molecular weight is 311 g/mol. The summed E-state index contributed by atoms with van der Waals surface area (Å²) in [6, 6.07) is 4.50. The number of aromatic nitrogens is 2. The Morgan fingerprint density at radius 1 is 1.40 bits per heavy atom. The molecule has 110 valence electrons. The van der Waals surface area contributed by atoms with Gasteiger partial charge in [-0.1, -0.05) is 26.8 Å². The van der Waals surface area contributed by atoms with Crippen LogP contribution >= 0.6 is 22.9 Å². The summed E-state index contributed by atoms with van der Waals surface area (Å²) in [6.07, 6.45) is 0.758. The molecule has 0 aliphatic carbocycles. The normalized spacial score (nSPS) is 13.4. The molecule has 6 heteroatoms. The first-order chi connectivity index (χ1) is 9.50. The monoisotopic (exact) mass is 311 g/mol. The number of anilines is 1. The Hall–Kier alpha value is -0.980. The molecule has 1 unspecified atom stereocenters. The van der Waals surface area contributed by atoms with Gasteiger partial charge < -0.3 is 10.1 Å². The van der Waals surface area contributed by atoms with Gasteiger partial charge in [-0.15, -0.1) is 11.3 Å². The molecule has 0 spiro atoms. The van der Waals surface area contributed by atoms with E-state index in [0.29, 0.717) is 6.61 Å². The highest BCUT2D eigenvalue weighted by Crippen LogP contribution is 2.38. The van der Waals surface area contributed by atoms with Crippen LogP contribution in [0.2, 0.25) is 0 Å². The first-order valence-electron chi connectivity index (χ1n) is 6.62. The molecule has 2 heterocycles. The number of nitrogens with zero attached hydrogens (tertiary/aromatic N) is 2. The summed E-state index contributed by atoms with van der Waals surface area (Å²) >= 11 is 3.19. The second kappa shape index (κ2) is 6.65. The van der Waals surface area contributed by atoms with Crippen molar-refractivity contribution in [1.29, 1.82) is 0 Å². The Morgan fingerprint density at radius 3 is 2.80 bits per heavy atom. The number of hydrogen-bond acceptors (Lipinski definition) is 6. The van der Waals surface area contributed by atoms with Crippen molar-refractivity contribution in [2.24, 2.45) is 5.41 Å². The molecule has 0 aliphatic heterocycles. The van der Waals surface area contributed by atoms with Crippen molar-refractivity contribution < 1.29 is 4.74 Å². The lowest BCUT2D eigenvalue weighted by molar-refractivity contribution is 0.201. The molecule has 0 radical (unpaired) electrons. The number of thiophene rings is 1. The lowest BCUT2D eigenvalue weighted by atomic mass is 9.86. The minimum Gasteiger partial charge on any atom is -0.384 e. The molecular weight excluding hydrogens is 290 g/mol. The Labute approximate surface area is 128 Å². The number of nitrogens with one attached hydrogen (secondary N) is 1. The van der Waals surface area contributed by atoms with Crippen molar-refractivity contribution in [2.75, 3.05) is 19.0 Å². The van der Waals surface area contributed by atoms with Gasteiger partial charge in [-0.2, -0.15) is 4.37 Å². The van der Waals surface area contributed by atoms with Crippen LogP contribution in [-0.4, -0.2) is 23.1 Å². The zero-order valence-corrected chi connectivity index (χ0v) is 14.0. The highest BCUT2D eigenvalue weighted by molar-refractivity contribution is 7.10. The fraction of sp³-hybridized carbons (Fsp3) is 0.571. The molecule has 1 atom stereocenters. The largest absolute Gasteiger partial charge is 0.384 e. The van der Waals surface area contributed by atoms with E-state index in [1.54, 1.807) is 18.4 Å². The van der Waals surface area contributed by atoms with Crippen LogP contribution in [0, 0.1) is 5.41 Å². The predicted molar refractivity (Wildman–Crippen MR) is 85.6 cm³/mol. The first-order valence-corrected chi connectivity index (χ1v) is 8.27. The second-order valence-electron chi connectivity index (χ2n) is 5.72. The van der Waals surface area contributed by atoms with Crippen LogP contribution in [0.5, 0.6) is 0 Å². The lowest BCUT2D eigenvalue weighted by Gasteiger charge is -2.30. The summed E-state index contributed by atoms with van der Waals surface area (Å²) in [5, 5.41) is 6.52. The highest BCUT2D eigenvalue weighted by atomic mass is 32.1. The van der Waals surface area contributed by atoms with Gasteiger partial charge in [0, 0.05) is 29.9 Å². The summed E-state index contributed by atoms with van der Waals surface area (Å²) in [5.41, 5.74) is 0.114. The molecule has 0 amide bonds. The maximum Gasteiger partial charge on any atom is 0.203 e. The smallest absolute Gasteiger partial charge is 0.203 e. The second-order valence-corrected chi connectivity index (χ2v) is 7.45. The Morgan fingerprint density at radius 2 is 2.20 bits per heavy atom. The van der Waals surface area contributed by atoms with Gasteiger partial charge in [-0.3, -0.25) is 0 Å². The fourth-order valence-corrected chi connectivity index (χ4v) is 3.56. The van der Waals surface area contributed by atoms with Gasteiger partial charge in [-0.05, 0) is 16.9 Å². The van der Waals surface area contributed by atoms with Gasteiger partial charge in [0.1, 0.15) is 5.82 Å². The third-order valence-corrected chi connectivity index (χ3v) is 4.58. The predicted octanol–water partition coefficient (Wildman–Crippen LogP) is 3.99. The van der Waals surface area contributed by atoms with Crippen molar-refractivity contribution in [1.82, 2.24) is 9.36 Å². The van der Waals surface area contributed by atoms with E-state index >= 15 is 0 Å². The number of rotatable bonds is 6. The van der Waals surface area contributed by atoms with E-state index in [-0.39, 0.29) is 11.5 Å². The molecule has 0 aliphatic rings. The molecule has 0 aromatic carbocycles. The summed E-state index contributed by atoms with van der Waals surface area (Å²) in [5.74, 6) is 0.846. The Balaban J connectivity index is 2.10.